The lowest BCUT2D eigenvalue weighted by molar-refractivity contribution is 0.408. The maximum absolute atomic E-state index is 12.2. The highest BCUT2D eigenvalue weighted by atomic mass is 35.5. The average Bonchev–Trinajstić information content (AvgIpc) is 2.84. The third kappa shape index (κ3) is 3.27. The molecule has 5 nitrogen and oxygen atoms in total. The number of para-hydroxylation sites is 1. The van der Waals surface area contributed by atoms with E-state index in [2.05, 4.69) is 10.0 Å². The van der Waals surface area contributed by atoms with Gasteiger partial charge in [-0.25, -0.2) is 0 Å². The van der Waals surface area contributed by atoms with Crippen molar-refractivity contribution < 1.29 is 12.8 Å². The molecule has 108 valence electrons. The fraction of sp³-hybridized carbons (Fsp3) is 0.167. The Balaban J connectivity index is 2.31. The summed E-state index contributed by atoms with van der Waals surface area (Å²) in [5.74, 6) is 0.512. The number of halogens is 2. The van der Waals surface area contributed by atoms with E-state index in [1.54, 1.807) is 31.3 Å². The topological polar surface area (TPSA) is 71.3 Å². The zero-order valence-electron chi connectivity index (χ0n) is 10.5. The van der Waals surface area contributed by atoms with Gasteiger partial charge in [0.25, 0.3) is 10.0 Å². The van der Waals surface area contributed by atoms with Crippen LogP contribution in [0.15, 0.2) is 39.8 Å². The van der Waals surface area contributed by atoms with Gasteiger partial charge >= 0.3 is 0 Å². The minimum Gasteiger partial charge on any atom is -0.446 e. The molecule has 1 aromatic carbocycles. The van der Waals surface area contributed by atoms with Crippen molar-refractivity contribution in [2.24, 2.45) is 0 Å². The largest absolute Gasteiger partial charge is 0.446 e. The van der Waals surface area contributed by atoms with Crippen LogP contribution in [-0.4, -0.2) is 15.5 Å². The molecular weight excluding hydrogens is 323 g/mol. The number of hydrogen-bond acceptors (Lipinski definition) is 4. The Hall–Kier alpha value is -1.21. The van der Waals surface area contributed by atoms with Crippen molar-refractivity contribution in [2.45, 2.75) is 11.6 Å². The minimum atomic E-state index is -3.87. The van der Waals surface area contributed by atoms with Crippen LogP contribution >= 0.6 is 23.2 Å². The molecule has 1 aromatic heterocycles. The Morgan fingerprint density at radius 2 is 1.80 bits per heavy atom. The summed E-state index contributed by atoms with van der Waals surface area (Å²) in [7, 11) is -2.13. The van der Waals surface area contributed by atoms with Gasteiger partial charge in [0.2, 0.25) is 5.09 Å². The molecule has 0 atom stereocenters. The molecule has 0 unspecified atom stereocenters. The average molecular weight is 335 g/mol. The molecular formula is C12H12Cl2N2O3S. The first-order valence-corrected chi connectivity index (χ1v) is 7.88. The summed E-state index contributed by atoms with van der Waals surface area (Å²) in [6.45, 7) is 0.433. The van der Waals surface area contributed by atoms with Gasteiger partial charge in [-0.15, -0.1) is 0 Å². The van der Waals surface area contributed by atoms with Crippen molar-refractivity contribution in [3.05, 3.63) is 46.1 Å². The van der Waals surface area contributed by atoms with Crippen LogP contribution in [0, 0.1) is 0 Å². The minimum absolute atomic E-state index is 0.127. The van der Waals surface area contributed by atoms with E-state index in [0.29, 0.717) is 12.3 Å². The second-order valence-corrected chi connectivity index (χ2v) is 6.38. The van der Waals surface area contributed by atoms with Gasteiger partial charge < -0.3 is 9.73 Å². The molecule has 0 aliphatic rings. The fourth-order valence-corrected chi connectivity index (χ4v) is 3.21. The molecule has 2 rings (SSSR count). The third-order valence-corrected chi connectivity index (χ3v) is 4.30. The van der Waals surface area contributed by atoms with E-state index in [9.17, 15) is 8.42 Å². The lowest BCUT2D eigenvalue weighted by Crippen LogP contribution is -2.13. The maximum Gasteiger partial charge on any atom is 0.295 e. The van der Waals surface area contributed by atoms with E-state index in [-0.39, 0.29) is 20.8 Å². The number of nitrogens with one attached hydrogen (secondary N) is 2. The van der Waals surface area contributed by atoms with Gasteiger partial charge in [-0.1, -0.05) is 29.3 Å². The van der Waals surface area contributed by atoms with E-state index in [0.717, 1.165) is 0 Å². The van der Waals surface area contributed by atoms with E-state index < -0.39 is 10.0 Å². The Morgan fingerprint density at radius 1 is 1.15 bits per heavy atom. The summed E-state index contributed by atoms with van der Waals surface area (Å²) >= 11 is 11.9. The van der Waals surface area contributed by atoms with E-state index >= 15 is 0 Å². The van der Waals surface area contributed by atoms with Crippen LogP contribution in [0.5, 0.6) is 0 Å². The predicted octanol–water partition coefficient (Wildman–Crippen LogP) is 3.11. The summed E-state index contributed by atoms with van der Waals surface area (Å²) in [4.78, 5) is 0. The molecule has 8 heteroatoms. The van der Waals surface area contributed by atoms with Crippen LogP contribution in [-0.2, 0) is 16.6 Å². The van der Waals surface area contributed by atoms with Crippen molar-refractivity contribution in [1.82, 2.24) is 5.32 Å². The smallest absolute Gasteiger partial charge is 0.295 e. The number of benzene rings is 1. The monoisotopic (exact) mass is 334 g/mol. The molecule has 2 N–H and O–H groups in total. The van der Waals surface area contributed by atoms with Crippen LogP contribution in [0.1, 0.15) is 5.76 Å². The number of anilines is 1. The van der Waals surface area contributed by atoms with Gasteiger partial charge in [0.1, 0.15) is 5.76 Å². The van der Waals surface area contributed by atoms with Gasteiger partial charge in [0.15, 0.2) is 0 Å². The first kappa shape index (κ1) is 15.2. The third-order valence-electron chi connectivity index (χ3n) is 2.45. The second-order valence-electron chi connectivity index (χ2n) is 3.95. The number of furan rings is 1. The van der Waals surface area contributed by atoms with Gasteiger partial charge in [0, 0.05) is 0 Å². The first-order valence-electron chi connectivity index (χ1n) is 5.64. The molecule has 0 fully saturated rings. The van der Waals surface area contributed by atoms with Crippen LogP contribution in [0.2, 0.25) is 10.0 Å². The maximum atomic E-state index is 12.2. The van der Waals surface area contributed by atoms with Gasteiger partial charge in [-0.2, -0.15) is 8.42 Å². The highest BCUT2D eigenvalue weighted by Crippen LogP contribution is 2.32. The lowest BCUT2D eigenvalue weighted by atomic mass is 10.3. The van der Waals surface area contributed by atoms with Crippen LogP contribution < -0.4 is 10.0 Å². The van der Waals surface area contributed by atoms with Crippen molar-refractivity contribution in [3.63, 3.8) is 0 Å². The Labute approximate surface area is 126 Å². The first-order chi connectivity index (χ1) is 9.44. The Bertz CT molecular complexity index is 693. The molecule has 0 radical (unpaired) electrons. The zero-order chi connectivity index (χ0) is 14.8. The van der Waals surface area contributed by atoms with Gasteiger partial charge in [0.05, 0.1) is 22.3 Å². The van der Waals surface area contributed by atoms with E-state index in [1.807, 2.05) is 0 Å². The van der Waals surface area contributed by atoms with Crippen LogP contribution in [0.25, 0.3) is 0 Å². The zero-order valence-corrected chi connectivity index (χ0v) is 12.8. The molecule has 1 heterocycles. The fourth-order valence-electron chi connectivity index (χ4n) is 1.55. The van der Waals surface area contributed by atoms with Crippen LogP contribution in [0.3, 0.4) is 0 Å². The molecule has 0 bridgehead atoms. The molecule has 2 aromatic rings. The molecule has 0 spiro atoms. The van der Waals surface area contributed by atoms with Crippen molar-refractivity contribution in [1.29, 1.82) is 0 Å². The summed E-state index contributed by atoms with van der Waals surface area (Å²) in [5.41, 5.74) is 0.127. The van der Waals surface area contributed by atoms with Crippen molar-refractivity contribution in [2.75, 3.05) is 11.8 Å². The highest BCUT2D eigenvalue weighted by Gasteiger charge is 2.21. The van der Waals surface area contributed by atoms with Gasteiger partial charge in [-0.05, 0) is 31.3 Å². The number of sulfonamides is 1. The number of hydrogen-bond donors (Lipinski definition) is 2. The quantitative estimate of drug-likeness (QED) is 0.881. The summed E-state index contributed by atoms with van der Waals surface area (Å²) in [5, 5.41) is 3.09. The lowest BCUT2D eigenvalue weighted by Gasteiger charge is -2.09. The molecule has 0 aliphatic heterocycles. The van der Waals surface area contributed by atoms with Crippen molar-refractivity contribution >= 4 is 38.9 Å². The molecule has 0 saturated heterocycles. The van der Waals surface area contributed by atoms with Crippen LogP contribution in [0.4, 0.5) is 5.69 Å². The second kappa shape index (κ2) is 6.05. The molecule has 0 saturated carbocycles. The van der Waals surface area contributed by atoms with E-state index in [1.165, 1.54) is 6.07 Å². The number of rotatable bonds is 5. The molecule has 0 amide bonds. The predicted molar refractivity (Wildman–Crippen MR) is 78.7 cm³/mol. The Kier molecular flexibility index (Phi) is 4.59. The summed E-state index contributed by atoms with van der Waals surface area (Å²) in [6, 6.07) is 7.67. The Morgan fingerprint density at radius 3 is 2.40 bits per heavy atom. The van der Waals surface area contributed by atoms with Crippen molar-refractivity contribution in [3.8, 4) is 0 Å². The van der Waals surface area contributed by atoms with Gasteiger partial charge in [-0.3, -0.25) is 4.72 Å². The SMILES string of the molecule is CNCc1ccc(S(=O)(=O)Nc2c(Cl)cccc2Cl)o1. The summed E-state index contributed by atoms with van der Waals surface area (Å²) in [6.07, 6.45) is 0. The summed E-state index contributed by atoms with van der Waals surface area (Å²) < 4.78 is 31.9. The molecule has 0 aliphatic carbocycles. The standard InChI is InChI=1S/C12H12Cl2N2O3S/c1-15-7-8-5-6-11(19-8)20(17,18)16-12-9(13)3-2-4-10(12)14/h2-6,15-16H,7H2,1H3. The molecule has 20 heavy (non-hydrogen) atoms. The normalized spacial score (nSPS) is 11.6. The highest BCUT2D eigenvalue weighted by molar-refractivity contribution is 7.92. The van der Waals surface area contributed by atoms with E-state index in [4.69, 9.17) is 27.6 Å².